The molecule has 1 aromatic carbocycles. The maximum absolute atomic E-state index is 12.1. The van der Waals surface area contributed by atoms with E-state index in [9.17, 15) is 4.79 Å². The number of carbonyl (C=O) groups excluding carboxylic acids is 1. The van der Waals surface area contributed by atoms with Crippen LogP contribution in [0.4, 0.5) is 16.3 Å². The summed E-state index contributed by atoms with van der Waals surface area (Å²) in [6.07, 6.45) is 8.42. The second kappa shape index (κ2) is 9.80. The van der Waals surface area contributed by atoms with Crippen LogP contribution in [0.25, 0.3) is 0 Å². The number of aromatic nitrogens is 1. The first kappa shape index (κ1) is 19.0. The van der Waals surface area contributed by atoms with E-state index < -0.39 is 0 Å². The fraction of sp³-hybridized carbons (Fsp3) is 0.429. The van der Waals surface area contributed by atoms with Crippen LogP contribution < -0.4 is 20.7 Å². The zero-order valence-electron chi connectivity index (χ0n) is 15.8. The Morgan fingerprint density at radius 2 is 2.04 bits per heavy atom. The van der Waals surface area contributed by atoms with Crippen molar-refractivity contribution in [2.45, 2.75) is 44.6 Å². The van der Waals surface area contributed by atoms with E-state index in [1.807, 2.05) is 30.3 Å². The second-order valence-corrected chi connectivity index (χ2v) is 6.89. The van der Waals surface area contributed by atoms with Gasteiger partial charge in [-0.2, -0.15) is 0 Å². The average molecular weight is 368 g/mol. The molecule has 6 heteroatoms. The van der Waals surface area contributed by atoms with Gasteiger partial charge in [0, 0.05) is 12.6 Å². The minimum absolute atomic E-state index is 0.173. The first-order chi connectivity index (χ1) is 13.2. The van der Waals surface area contributed by atoms with E-state index in [2.05, 4.69) is 27.0 Å². The molecule has 3 rings (SSSR count). The molecule has 0 radical (unpaired) electrons. The van der Waals surface area contributed by atoms with Gasteiger partial charge in [-0.3, -0.25) is 5.32 Å². The molecule has 27 heavy (non-hydrogen) atoms. The number of rotatable bonds is 7. The summed E-state index contributed by atoms with van der Waals surface area (Å²) in [5.74, 6) is 1.43. The molecule has 1 aliphatic rings. The van der Waals surface area contributed by atoms with Crippen LogP contribution in [-0.4, -0.2) is 30.7 Å². The van der Waals surface area contributed by atoms with Gasteiger partial charge in [0.15, 0.2) is 0 Å². The van der Waals surface area contributed by atoms with Crippen molar-refractivity contribution in [2.24, 2.45) is 0 Å². The second-order valence-electron chi connectivity index (χ2n) is 6.89. The van der Waals surface area contributed by atoms with Gasteiger partial charge in [-0.15, -0.1) is 0 Å². The molecular formula is C21H28N4O2. The summed E-state index contributed by atoms with van der Waals surface area (Å²) in [6.45, 7) is 0.795. The first-order valence-corrected chi connectivity index (χ1v) is 9.63. The number of pyridine rings is 1. The summed E-state index contributed by atoms with van der Waals surface area (Å²) in [4.78, 5) is 16.4. The summed E-state index contributed by atoms with van der Waals surface area (Å²) in [6, 6.07) is 11.9. The summed E-state index contributed by atoms with van der Waals surface area (Å²) >= 11 is 0. The van der Waals surface area contributed by atoms with Crippen LogP contribution in [0.15, 0.2) is 42.6 Å². The highest BCUT2D eigenvalue weighted by Crippen LogP contribution is 2.18. The number of anilines is 2. The Bertz CT molecular complexity index is 727. The third-order valence-corrected chi connectivity index (χ3v) is 4.82. The van der Waals surface area contributed by atoms with Gasteiger partial charge >= 0.3 is 6.03 Å². The number of methoxy groups -OCH3 is 1. The number of nitrogens with one attached hydrogen (secondary N) is 3. The number of hydrogen-bond donors (Lipinski definition) is 3. The van der Waals surface area contributed by atoms with Crippen molar-refractivity contribution in [3.05, 3.63) is 48.2 Å². The van der Waals surface area contributed by atoms with Crippen molar-refractivity contribution in [1.82, 2.24) is 10.3 Å². The van der Waals surface area contributed by atoms with E-state index in [0.717, 1.165) is 37.2 Å². The van der Waals surface area contributed by atoms with Crippen molar-refractivity contribution >= 4 is 17.5 Å². The minimum Gasteiger partial charge on any atom is -0.497 e. The lowest BCUT2D eigenvalue weighted by molar-refractivity contribution is 0.244. The minimum atomic E-state index is -0.173. The fourth-order valence-corrected chi connectivity index (χ4v) is 3.34. The van der Waals surface area contributed by atoms with Crippen molar-refractivity contribution < 1.29 is 9.53 Å². The lowest BCUT2D eigenvalue weighted by Crippen LogP contribution is -2.39. The molecular weight excluding hydrogens is 340 g/mol. The van der Waals surface area contributed by atoms with Gasteiger partial charge in [0.2, 0.25) is 0 Å². The van der Waals surface area contributed by atoms with Crippen LogP contribution in [0.3, 0.4) is 0 Å². The van der Waals surface area contributed by atoms with Gasteiger partial charge in [0.1, 0.15) is 11.6 Å². The van der Waals surface area contributed by atoms with Gasteiger partial charge in [0.05, 0.1) is 19.0 Å². The summed E-state index contributed by atoms with van der Waals surface area (Å²) in [5.41, 5.74) is 2.14. The zero-order valence-corrected chi connectivity index (χ0v) is 15.8. The number of carbonyl (C=O) groups is 1. The molecule has 0 atom stereocenters. The topological polar surface area (TPSA) is 75.3 Å². The molecule has 0 saturated heterocycles. The third kappa shape index (κ3) is 6.16. The van der Waals surface area contributed by atoms with E-state index in [1.165, 1.54) is 24.8 Å². The van der Waals surface area contributed by atoms with Crippen LogP contribution >= 0.6 is 0 Å². The van der Waals surface area contributed by atoms with Crippen LogP contribution in [0.1, 0.15) is 37.7 Å². The summed E-state index contributed by atoms with van der Waals surface area (Å²) < 4.78 is 5.24. The Morgan fingerprint density at radius 1 is 1.19 bits per heavy atom. The Kier molecular flexibility index (Phi) is 6.90. The molecule has 144 valence electrons. The largest absolute Gasteiger partial charge is 0.497 e. The molecule has 2 aromatic rings. The SMILES string of the molecule is COc1cccc(CCNc2ccc(NC(=O)NC3CCCCC3)nc2)c1. The highest BCUT2D eigenvalue weighted by atomic mass is 16.5. The van der Waals surface area contributed by atoms with Crippen molar-refractivity contribution in [3.63, 3.8) is 0 Å². The van der Waals surface area contributed by atoms with Crippen LogP contribution in [0.2, 0.25) is 0 Å². The molecule has 2 amide bonds. The normalized spacial score (nSPS) is 14.4. The molecule has 0 bridgehead atoms. The van der Waals surface area contributed by atoms with E-state index in [4.69, 9.17) is 4.74 Å². The number of amides is 2. The predicted molar refractivity (Wildman–Crippen MR) is 108 cm³/mol. The fourth-order valence-electron chi connectivity index (χ4n) is 3.34. The maximum Gasteiger partial charge on any atom is 0.320 e. The third-order valence-electron chi connectivity index (χ3n) is 4.82. The van der Waals surface area contributed by atoms with Gasteiger partial charge < -0.3 is 15.4 Å². The Hall–Kier alpha value is -2.76. The Balaban J connectivity index is 1.42. The molecule has 0 spiro atoms. The molecule has 3 N–H and O–H groups in total. The highest BCUT2D eigenvalue weighted by Gasteiger charge is 2.15. The van der Waals surface area contributed by atoms with Gasteiger partial charge in [-0.1, -0.05) is 31.4 Å². The molecule has 1 aliphatic carbocycles. The van der Waals surface area contributed by atoms with Gasteiger partial charge in [-0.25, -0.2) is 9.78 Å². The smallest absolute Gasteiger partial charge is 0.320 e. The molecule has 1 heterocycles. The quantitative estimate of drug-likeness (QED) is 0.685. The first-order valence-electron chi connectivity index (χ1n) is 9.63. The van der Waals surface area contributed by atoms with E-state index in [-0.39, 0.29) is 12.1 Å². The standard InChI is InChI=1S/C21H28N4O2/c1-27-19-9-5-6-16(14-19)12-13-22-18-10-11-20(23-15-18)25-21(26)24-17-7-3-2-4-8-17/h5-6,9-11,14-15,17,22H,2-4,7-8,12-13H2,1H3,(H2,23,24,25,26). The van der Waals surface area contributed by atoms with E-state index in [0.29, 0.717) is 5.82 Å². The van der Waals surface area contributed by atoms with E-state index >= 15 is 0 Å². The zero-order chi connectivity index (χ0) is 18.9. The molecule has 0 unspecified atom stereocenters. The number of benzene rings is 1. The van der Waals surface area contributed by atoms with Gasteiger partial charge in [0.25, 0.3) is 0 Å². The number of hydrogen-bond acceptors (Lipinski definition) is 4. The monoisotopic (exact) mass is 368 g/mol. The van der Waals surface area contributed by atoms with Crippen LogP contribution in [-0.2, 0) is 6.42 Å². The Labute approximate surface area is 160 Å². The maximum atomic E-state index is 12.1. The highest BCUT2D eigenvalue weighted by molar-refractivity contribution is 5.88. The lowest BCUT2D eigenvalue weighted by atomic mass is 9.96. The van der Waals surface area contributed by atoms with Crippen molar-refractivity contribution in [2.75, 3.05) is 24.3 Å². The lowest BCUT2D eigenvalue weighted by Gasteiger charge is -2.22. The molecule has 6 nitrogen and oxygen atoms in total. The van der Waals surface area contributed by atoms with Crippen LogP contribution in [0.5, 0.6) is 5.75 Å². The van der Waals surface area contributed by atoms with Gasteiger partial charge in [-0.05, 0) is 49.1 Å². The van der Waals surface area contributed by atoms with Crippen molar-refractivity contribution in [1.29, 1.82) is 0 Å². The molecule has 1 fully saturated rings. The predicted octanol–water partition coefficient (Wildman–Crippen LogP) is 4.20. The van der Waals surface area contributed by atoms with Crippen molar-refractivity contribution in [3.8, 4) is 5.75 Å². The molecule has 1 aromatic heterocycles. The number of ether oxygens (including phenoxy) is 1. The summed E-state index contributed by atoms with van der Waals surface area (Å²) in [7, 11) is 1.67. The summed E-state index contributed by atoms with van der Waals surface area (Å²) in [5, 5.41) is 9.18. The average Bonchev–Trinajstić information content (AvgIpc) is 2.70. The van der Waals surface area contributed by atoms with E-state index in [1.54, 1.807) is 13.3 Å². The number of urea groups is 1. The number of nitrogens with zero attached hydrogens (tertiary/aromatic N) is 1. The molecule has 0 aliphatic heterocycles. The van der Waals surface area contributed by atoms with Crippen LogP contribution in [0, 0.1) is 0 Å². The molecule has 1 saturated carbocycles. The Morgan fingerprint density at radius 3 is 2.78 bits per heavy atom.